The van der Waals surface area contributed by atoms with E-state index in [1.807, 2.05) is 12.1 Å². The predicted molar refractivity (Wildman–Crippen MR) is 72.7 cm³/mol. The SMILES string of the molecule is CNC(=S)N/N=C\c1cc(Br)c2c(c1)OCO2. The Labute approximate surface area is 112 Å². The predicted octanol–water partition coefficient (Wildman–Crippen LogP) is 1.61. The van der Waals surface area contributed by atoms with Gasteiger partial charge in [-0.1, -0.05) is 0 Å². The topological polar surface area (TPSA) is 54.9 Å². The Morgan fingerprint density at radius 3 is 3.12 bits per heavy atom. The van der Waals surface area contributed by atoms with Crippen molar-refractivity contribution in [3.8, 4) is 11.5 Å². The number of hydrazone groups is 1. The van der Waals surface area contributed by atoms with Gasteiger partial charge in [-0.05, 0) is 45.8 Å². The Morgan fingerprint density at radius 2 is 2.35 bits per heavy atom. The fourth-order valence-corrected chi connectivity index (χ4v) is 1.91. The van der Waals surface area contributed by atoms with Crippen molar-refractivity contribution in [1.29, 1.82) is 0 Å². The molecular weight excluding hydrogens is 306 g/mol. The second kappa shape index (κ2) is 5.33. The Bertz CT molecular complexity index is 479. The Balaban J connectivity index is 2.12. The van der Waals surface area contributed by atoms with Gasteiger partial charge in [-0.25, -0.2) is 0 Å². The van der Waals surface area contributed by atoms with Crippen LogP contribution in [0.25, 0.3) is 0 Å². The van der Waals surface area contributed by atoms with Crippen LogP contribution in [0.3, 0.4) is 0 Å². The lowest BCUT2D eigenvalue weighted by Crippen LogP contribution is -2.28. The molecule has 5 nitrogen and oxygen atoms in total. The van der Waals surface area contributed by atoms with E-state index in [0.29, 0.717) is 10.9 Å². The van der Waals surface area contributed by atoms with Gasteiger partial charge in [0.25, 0.3) is 0 Å². The van der Waals surface area contributed by atoms with Gasteiger partial charge in [0.15, 0.2) is 16.6 Å². The summed E-state index contributed by atoms with van der Waals surface area (Å²) < 4.78 is 11.4. The maximum absolute atomic E-state index is 5.30. The van der Waals surface area contributed by atoms with E-state index < -0.39 is 0 Å². The number of ether oxygens (including phenoxy) is 2. The van der Waals surface area contributed by atoms with Crippen LogP contribution < -0.4 is 20.2 Å². The minimum atomic E-state index is 0.247. The van der Waals surface area contributed by atoms with Crippen molar-refractivity contribution >= 4 is 39.5 Å². The monoisotopic (exact) mass is 315 g/mol. The van der Waals surface area contributed by atoms with Gasteiger partial charge < -0.3 is 14.8 Å². The van der Waals surface area contributed by atoms with Gasteiger partial charge in [0, 0.05) is 7.05 Å². The van der Waals surface area contributed by atoms with Crippen molar-refractivity contribution in [3.05, 3.63) is 22.2 Å². The number of thiocarbonyl (C=S) groups is 1. The zero-order chi connectivity index (χ0) is 12.3. The zero-order valence-electron chi connectivity index (χ0n) is 8.99. The number of nitrogens with one attached hydrogen (secondary N) is 2. The highest BCUT2D eigenvalue weighted by atomic mass is 79.9. The van der Waals surface area contributed by atoms with Crippen LogP contribution in [0.4, 0.5) is 0 Å². The number of hydrogen-bond donors (Lipinski definition) is 2. The number of halogens is 1. The third-order valence-electron chi connectivity index (χ3n) is 2.06. The lowest BCUT2D eigenvalue weighted by atomic mass is 10.2. The summed E-state index contributed by atoms with van der Waals surface area (Å²) in [5, 5.41) is 7.20. The van der Waals surface area contributed by atoms with E-state index in [1.165, 1.54) is 0 Å². The molecule has 0 amide bonds. The van der Waals surface area contributed by atoms with E-state index >= 15 is 0 Å². The largest absolute Gasteiger partial charge is 0.454 e. The standard InChI is InChI=1S/C10H10BrN3O2S/c1-12-10(17)14-13-4-6-2-7(11)9-8(3-6)15-5-16-9/h2-4H,5H2,1H3,(H2,12,14,17)/b13-4-. The number of fused-ring (bicyclic) bond motifs is 1. The van der Waals surface area contributed by atoms with Crippen molar-refractivity contribution in [3.63, 3.8) is 0 Å². The molecular formula is C10H10BrN3O2S. The van der Waals surface area contributed by atoms with E-state index in [-0.39, 0.29) is 6.79 Å². The lowest BCUT2D eigenvalue weighted by molar-refractivity contribution is 0.173. The van der Waals surface area contributed by atoms with Crippen molar-refractivity contribution < 1.29 is 9.47 Å². The molecule has 0 bridgehead atoms. The second-order valence-corrected chi connectivity index (χ2v) is 4.45. The fourth-order valence-electron chi connectivity index (χ4n) is 1.28. The first-order chi connectivity index (χ1) is 8.20. The first-order valence-corrected chi connectivity index (χ1v) is 6.01. The van der Waals surface area contributed by atoms with Gasteiger partial charge in [-0.3, -0.25) is 5.43 Å². The molecule has 0 unspecified atom stereocenters. The molecule has 90 valence electrons. The van der Waals surface area contributed by atoms with Crippen molar-refractivity contribution in [1.82, 2.24) is 10.7 Å². The molecule has 1 heterocycles. The van der Waals surface area contributed by atoms with Crippen molar-refractivity contribution in [2.24, 2.45) is 5.10 Å². The Hall–Kier alpha value is -1.34. The molecule has 1 aliphatic heterocycles. The molecule has 0 saturated carbocycles. The molecule has 0 radical (unpaired) electrons. The van der Waals surface area contributed by atoms with E-state index in [4.69, 9.17) is 21.7 Å². The fraction of sp³-hybridized carbons (Fsp3) is 0.200. The molecule has 2 rings (SSSR count). The molecule has 1 aromatic carbocycles. The minimum absolute atomic E-state index is 0.247. The highest BCUT2D eigenvalue weighted by Gasteiger charge is 2.17. The minimum Gasteiger partial charge on any atom is -0.454 e. The molecule has 0 aliphatic carbocycles. The summed E-state index contributed by atoms with van der Waals surface area (Å²) in [6.45, 7) is 0.247. The third kappa shape index (κ3) is 2.86. The summed E-state index contributed by atoms with van der Waals surface area (Å²) in [5.74, 6) is 1.43. The third-order valence-corrected chi connectivity index (χ3v) is 2.94. The van der Waals surface area contributed by atoms with Gasteiger partial charge in [-0.15, -0.1) is 0 Å². The molecule has 1 aliphatic rings. The van der Waals surface area contributed by atoms with Gasteiger partial charge in [0.05, 0.1) is 10.7 Å². The number of nitrogens with zero attached hydrogens (tertiary/aromatic N) is 1. The van der Waals surface area contributed by atoms with Crippen LogP contribution in [-0.2, 0) is 0 Å². The van der Waals surface area contributed by atoms with E-state index in [9.17, 15) is 0 Å². The molecule has 0 spiro atoms. The highest BCUT2D eigenvalue weighted by Crippen LogP contribution is 2.39. The summed E-state index contributed by atoms with van der Waals surface area (Å²) in [5.41, 5.74) is 3.55. The summed E-state index contributed by atoms with van der Waals surface area (Å²) in [6.07, 6.45) is 1.65. The second-order valence-electron chi connectivity index (χ2n) is 3.19. The number of rotatable bonds is 2. The van der Waals surface area contributed by atoms with Gasteiger partial charge in [-0.2, -0.15) is 5.10 Å². The quantitative estimate of drug-likeness (QED) is 0.493. The Kier molecular flexibility index (Phi) is 3.80. The van der Waals surface area contributed by atoms with E-state index in [2.05, 4.69) is 31.8 Å². The van der Waals surface area contributed by atoms with Crippen molar-refractivity contribution in [2.45, 2.75) is 0 Å². The molecule has 1 aromatic rings. The van der Waals surface area contributed by atoms with Crippen LogP contribution in [-0.4, -0.2) is 25.2 Å². The normalized spacial score (nSPS) is 12.8. The smallest absolute Gasteiger partial charge is 0.231 e. The summed E-state index contributed by atoms with van der Waals surface area (Å²) >= 11 is 8.29. The van der Waals surface area contributed by atoms with Gasteiger partial charge in [0.1, 0.15) is 0 Å². The van der Waals surface area contributed by atoms with Crippen molar-refractivity contribution in [2.75, 3.05) is 13.8 Å². The highest BCUT2D eigenvalue weighted by molar-refractivity contribution is 9.10. The van der Waals surface area contributed by atoms with Crippen LogP contribution in [0.5, 0.6) is 11.5 Å². The van der Waals surface area contributed by atoms with Crippen LogP contribution >= 0.6 is 28.1 Å². The maximum atomic E-state index is 5.30. The Morgan fingerprint density at radius 1 is 1.53 bits per heavy atom. The average Bonchev–Trinajstić information content (AvgIpc) is 2.77. The molecule has 0 saturated heterocycles. The summed E-state index contributed by atoms with van der Waals surface area (Å²) in [4.78, 5) is 0. The van der Waals surface area contributed by atoms with Crippen LogP contribution in [0.2, 0.25) is 0 Å². The molecule has 0 fully saturated rings. The molecule has 7 heteroatoms. The number of benzene rings is 1. The molecule has 0 aromatic heterocycles. The molecule has 2 N–H and O–H groups in total. The molecule has 17 heavy (non-hydrogen) atoms. The van der Waals surface area contributed by atoms with E-state index in [1.54, 1.807) is 13.3 Å². The van der Waals surface area contributed by atoms with Crippen LogP contribution in [0, 0.1) is 0 Å². The zero-order valence-corrected chi connectivity index (χ0v) is 11.4. The average molecular weight is 316 g/mol. The van der Waals surface area contributed by atoms with Gasteiger partial charge in [0.2, 0.25) is 6.79 Å². The summed E-state index contributed by atoms with van der Waals surface area (Å²) in [6, 6.07) is 3.74. The lowest BCUT2D eigenvalue weighted by Gasteiger charge is -2.02. The first-order valence-electron chi connectivity index (χ1n) is 4.80. The summed E-state index contributed by atoms with van der Waals surface area (Å²) in [7, 11) is 1.72. The van der Waals surface area contributed by atoms with Crippen LogP contribution in [0.15, 0.2) is 21.7 Å². The molecule has 0 atom stereocenters. The number of hydrogen-bond acceptors (Lipinski definition) is 4. The maximum Gasteiger partial charge on any atom is 0.231 e. The van der Waals surface area contributed by atoms with Gasteiger partial charge >= 0.3 is 0 Å². The first kappa shape index (κ1) is 12.1. The van der Waals surface area contributed by atoms with Crippen LogP contribution in [0.1, 0.15) is 5.56 Å². The van der Waals surface area contributed by atoms with E-state index in [0.717, 1.165) is 15.8 Å².